The molecule has 0 saturated carbocycles. The SMILES string of the molecule is O=C1C[C@@H](c2ccc(-c3ccn[nH]3)o2)c2cn[nH]c2N1. The van der Waals surface area contributed by atoms with Crippen LogP contribution in [0.5, 0.6) is 0 Å². The summed E-state index contributed by atoms with van der Waals surface area (Å²) in [5, 5.41) is 16.3. The molecule has 1 aliphatic rings. The summed E-state index contributed by atoms with van der Waals surface area (Å²) in [6.07, 6.45) is 3.74. The number of rotatable bonds is 2. The smallest absolute Gasteiger partial charge is 0.226 e. The molecule has 3 N–H and O–H groups in total. The van der Waals surface area contributed by atoms with Crippen LogP contribution >= 0.6 is 0 Å². The number of H-pyrrole nitrogens is 2. The van der Waals surface area contributed by atoms with E-state index < -0.39 is 0 Å². The van der Waals surface area contributed by atoms with Gasteiger partial charge in [-0.3, -0.25) is 15.0 Å². The Kier molecular flexibility index (Phi) is 2.26. The van der Waals surface area contributed by atoms with Crippen molar-refractivity contribution in [3.63, 3.8) is 0 Å². The van der Waals surface area contributed by atoms with Crippen molar-refractivity contribution in [3.05, 3.63) is 41.9 Å². The summed E-state index contributed by atoms with van der Waals surface area (Å²) in [7, 11) is 0. The highest BCUT2D eigenvalue weighted by Crippen LogP contribution is 2.37. The van der Waals surface area contributed by atoms with Gasteiger partial charge in [0.15, 0.2) is 5.76 Å². The third kappa shape index (κ3) is 1.63. The highest BCUT2D eigenvalue weighted by Gasteiger charge is 2.30. The minimum absolute atomic E-state index is 0.0498. The molecule has 3 aromatic heterocycles. The maximum atomic E-state index is 11.7. The second-order valence-corrected chi connectivity index (χ2v) is 4.68. The highest BCUT2D eigenvalue weighted by molar-refractivity contribution is 5.94. The second-order valence-electron chi connectivity index (χ2n) is 4.68. The van der Waals surface area contributed by atoms with Gasteiger partial charge in [-0.25, -0.2) is 0 Å². The van der Waals surface area contributed by atoms with Gasteiger partial charge in [-0.15, -0.1) is 0 Å². The predicted octanol–water partition coefficient (Wildman–Crippen LogP) is 1.87. The zero-order valence-corrected chi connectivity index (χ0v) is 10.4. The van der Waals surface area contributed by atoms with Crippen molar-refractivity contribution in [1.82, 2.24) is 20.4 Å². The lowest BCUT2D eigenvalue weighted by atomic mass is 9.92. The normalized spacial score (nSPS) is 17.8. The summed E-state index contributed by atoms with van der Waals surface area (Å²) < 4.78 is 5.85. The Hall–Kier alpha value is -2.83. The van der Waals surface area contributed by atoms with Gasteiger partial charge < -0.3 is 9.73 Å². The molecule has 1 amide bonds. The summed E-state index contributed by atoms with van der Waals surface area (Å²) >= 11 is 0. The molecular weight excluding hydrogens is 258 g/mol. The number of furan rings is 1. The third-order valence-electron chi connectivity index (χ3n) is 3.43. The van der Waals surface area contributed by atoms with Gasteiger partial charge in [0.1, 0.15) is 17.3 Å². The van der Waals surface area contributed by atoms with Crippen LogP contribution < -0.4 is 5.32 Å². The van der Waals surface area contributed by atoms with Crippen molar-refractivity contribution in [3.8, 4) is 11.5 Å². The molecule has 0 unspecified atom stereocenters. The van der Waals surface area contributed by atoms with Crippen molar-refractivity contribution in [2.24, 2.45) is 0 Å². The second kappa shape index (κ2) is 4.09. The molecule has 4 heterocycles. The van der Waals surface area contributed by atoms with Gasteiger partial charge in [0, 0.05) is 18.2 Å². The fourth-order valence-electron chi connectivity index (χ4n) is 2.48. The number of nitrogens with zero attached hydrogens (tertiary/aromatic N) is 2. The summed E-state index contributed by atoms with van der Waals surface area (Å²) in [6, 6.07) is 5.59. The maximum Gasteiger partial charge on any atom is 0.226 e. The van der Waals surface area contributed by atoms with E-state index in [0.29, 0.717) is 18.0 Å². The van der Waals surface area contributed by atoms with Crippen LogP contribution in [0, 0.1) is 0 Å². The van der Waals surface area contributed by atoms with E-state index in [1.807, 2.05) is 18.2 Å². The van der Waals surface area contributed by atoms with Gasteiger partial charge in [-0.1, -0.05) is 0 Å². The molecule has 0 aromatic carbocycles. The third-order valence-corrected chi connectivity index (χ3v) is 3.43. The number of nitrogens with one attached hydrogen (secondary N) is 3. The Morgan fingerprint density at radius 3 is 3.00 bits per heavy atom. The molecule has 7 heteroatoms. The van der Waals surface area contributed by atoms with Gasteiger partial charge in [0.2, 0.25) is 5.91 Å². The Morgan fingerprint density at radius 2 is 2.15 bits per heavy atom. The fraction of sp³-hybridized carbons (Fsp3) is 0.154. The Bertz CT molecular complexity index is 755. The van der Waals surface area contributed by atoms with Crippen LogP contribution in [-0.4, -0.2) is 26.3 Å². The van der Waals surface area contributed by atoms with Crippen LogP contribution in [0.3, 0.4) is 0 Å². The van der Waals surface area contributed by atoms with Gasteiger partial charge >= 0.3 is 0 Å². The molecular formula is C13H11N5O2. The minimum Gasteiger partial charge on any atom is -0.459 e. The number of hydrogen-bond acceptors (Lipinski definition) is 4. The van der Waals surface area contributed by atoms with Crippen molar-refractivity contribution >= 4 is 11.7 Å². The molecule has 0 aliphatic carbocycles. The van der Waals surface area contributed by atoms with E-state index in [0.717, 1.165) is 17.0 Å². The van der Waals surface area contributed by atoms with Crippen LogP contribution in [-0.2, 0) is 4.79 Å². The van der Waals surface area contributed by atoms with Crippen LogP contribution in [0.1, 0.15) is 23.7 Å². The van der Waals surface area contributed by atoms with Crippen molar-refractivity contribution in [2.45, 2.75) is 12.3 Å². The first-order valence-electron chi connectivity index (χ1n) is 6.24. The fourth-order valence-corrected chi connectivity index (χ4v) is 2.48. The largest absolute Gasteiger partial charge is 0.459 e. The lowest BCUT2D eigenvalue weighted by Gasteiger charge is -2.19. The summed E-state index contributed by atoms with van der Waals surface area (Å²) in [5.74, 6) is 1.92. The standard InChI is InChI=1S/C13H11N5O2/c19-12-5-7(8-6-15-18-13(8)16-12)10-1-2-11(20-10)9-3-4-14-17-9/h1-4,6-7H,5H2,(H,14,17)(H2,15,16,18,19)/t7-/m1/s1. The number of carbonyl (C=O) groups is 1. The van der Waals surface area contributed by atoms with Crippen LogP contribution in [0.15, 0.2) is 35.0 Å². The zero-order valence-electron chi connectivity index (χ0n) is 10.4. The molecule has 0 spiro atoms. The van der Waals surface area contributed by atoms with Crippen LogP contribution in [0.25, 0.3) is 11.5 Å². The van der Waals surface area contributed by atoms with Crippen molar-refractivity contribution in [2.75, 3.05) is 5.32 Å². The number of aromatic amines is 2. The predicted molar refractivity (Wildman–Crippen MR) is 70.0 cm³/mol. The van der Waals surface area contributed by atoms with E-state index in [1.54, 1.807) is 12.4 Å². The summed E-state index contributed by atoms with van der Waals surface area (Å²) in [5.41, 5.74) is 1.75. The summed E-state index contributed by atoms with van der Waals surface area (Å²) in [4.78, 5) is 11.7. The quantitative estimate of drug-likeness (QED) is 0.661. The number of hydrogen-bond donors (Lipinski definition) is 3. The number of carbonyl (C=O) groups excluding carboxylic acids is 1. The molecule has 0 bridgehead atoms. The van der Waals surface area contributed by atoms with E-state index in [1.165, 1.54) is 0 Å². The van der Waals surface area contributed by atoms with Gasteiger partial charge in [-0.2, -0.15) is 10.2 Å². The first kappa shape index (κ1) is 11.0. The van der Waals surface area contributed by atoms with Gasteiger partial charge in [-0.05, 0) is 18.2 Å². The Labute approximate surface area is 113 Å². The van der Waals surface area contributed by atoms with E-state index in [2.05, 4.69) is 25.7 Å². The Balaban J connectivity index is 1.74. The number of fused-ring (bicyclic) bond motifs is 1. The molecule has 100 valence electrons. The van der Waals surface area contributed by atoms with Gasteiger partial charge in [0.25, 0.3) is 0 Å². The van der Waals surface area contributed by atoms with E-state index >= 15 is 0 Å². The molecule has 0 saturated heterocycles. The molecule has 20 heavy (non-hydrogen) atoms. The van der Waals surface area contributed by atoms with Crippen molar-refractivity contribution < 1.29 is 9.21 Å². The topological polar surface area (TPSA) is 99.6 Å². The first-order chi connectivity index (χ1) is 9.81. The molecule has 3 aromatic rings. The monoisotopic (exact) mass is 269 g/mol. The molecule has 1 atom stereocenters. The average Bonchev–Trinajstić information content (AvgIpc) is 3.18. The van der Waals surface area contributed by atoms with Gasteiger partial charge in [0.05, 0.1) is 12.1 Å². The lowest BCUT2D eigenvalue weighted by Crippen LogP contribution is -2.22. The number of amides is 1. The molecule has 7 nitrogen and oxygen atoms in total. The van der Waals surface area contributed by atoms with Crippen LogP contribution in [0.2, 0.25) is 0 Å². The minimum atomic E-state index is -0.117. The average molecular weight is 269 g/mol. The van der Waals surface area contributed by atoms with E-state index in [-0.39, 0.29) is 11.8 Å². The molecule has 0 fully saturated rings. The van der Waals surface area contributed by atoms with E-state index in [9.17, 15) is 4.79 Å². The van der Waals surface area contributed by atoms with Crippen LogP contribution in [0.4, 0.5) is 5.82 Å². The highest BCUT2D eigenvalue weighted by atomic mass is 16.3. The lowest BCUT2D eigenvalue weighted by molar-refractivity contribution is -0.116. The zero-order chi connectivity index (χ0) is 13.5. The molecule has 0 radical (unpaired) electrons. The first-order valence-corrected chi connectivity index (χ1v) is 6.24. The Morgan fingerprint density at radius 1 is 1.20 bits per heavy atom. The molecule has 1 aliphatic heterocycles. The maximum absolute atomic E-state index is 11.7. The number of aromatic nitrogens is 4. The van der Waals surface area contributed by atoms with Crippen molar-refractivity contribution in [1.29, 1.82) is 0 Å². The number of anilines is 1. The molecule has 4 rings (SSSR count). The summed E-state index contributed by atoms with van der Waals surface area (Å²) in [6.45, 7) is 0. The van der Waals surface area contributed by atoms with E-state index in [4.69, 9.17) is 4.42 Å².